The molecule has 0 spiro atoms. The highest BCUT2D eigenvalue weighted by atomic mass is 16.5. The largest absolute Gasteiger partial charge is 0.508 e. The van der Waals surface area contributed by atoms with Crippen LogP contribution in [0.2, 0.25) is 0 Å². The van der Waals surface area contributed by atoms with Crippen molar-refractivity contribution in [1.82, 2.24) is 0 Å². The van der Waals surface area contributed by atoms with Crippen LogP contribution in [0.3, 0.4) is 0 Å². The molecule has 4 nitrogen and oxygen atoms in total. The molecule has 2 aromatic rings. The van der Waals surface area contributed by atoms with Gasteiger partial charge in [0.2, 0.25) is 0 Å². The van der Waals surface area contributed by atoms with Gasteiger partial charge in [-0.3, -0.25) is 0 Å². The first-order chi connectivity index (χ1) is 14.2. The Balaban J connectivity index is 1.55. The molecule has 30 heavy (non-hydrogen) atoms. The Morgan fingerprint density at radius 1 is 1.13 bits per heavy atom. The monoisotopic (exact) mass is 410 g/mol. The summed E-state index contributed by atoms with van der Waals surface area (Å²) in [6, 6.07) is 9.87. The summed E-state index contributed by atoms with van der Waals surface area (Å²) in [6.07, 6.45) is 3.77. The summed E-state index contributed by atoms with van der Waals surface area (Å²) in [7, 11) is 0. The topological polar surface area (TPSA) is 47.9 Å². The fourth-order valence-electron chi connectivity index (χ4n) is 4.48. The van der Waals surface area contributed by atoms with Gasteiger partial charge in [0.05, 0.1) is 13.2 Å². The zero-order valence-electron chi connectivity index (χ0n) is 18.9. The van der Waals surface area contributed by atoms with Crippen molar-refractivity contribution in [3.8, 4) is 23.0 Å². The highest BCUT2D eigenvalue weighted by Gasteiger charge is 2.38. The van der Waals surface area contributed by atoms with E-state index in [0.717, 1.165) is 42.7 Å². The van der Waals surface area contributed by atoms with Crippen molar-refractivity contribution in [3.63, 3.8) is 0 Å². The fourth-order valence-corrected chi connectivity index (χ4v) is 4.48. The van der Waals surface area contributed by atoms with Crippen molar-refractivity contribution in [2.45, 2.75) is 71.3 Å². The van der Waals surface area contributed by atoms with Gasteiger partial charge in [0.1, 0.15) is 28.6 Å². The van der Waals surface area contributed by atoms with Crippen LogP contribution in [0.15, 0.2) is 30.3 Å². The minimum absolute atomic E-state index is 0.130. The molecule has 0 fully saturated rings. The fraction of sp³-hybridized carbons (Fsp3) is 0.538. The van der Waals surface area contributed by atoms with E-state index in [1.54, 1.807) is 6.07 Å². The standard InChI is InChI=1S/C26H34O4/c1-17(2)11-13-28-19-7-8-21(22(27)14-19)26(5)15-18-6-9-23-20(24(18)29-16-26)10-12-25(3,4)30-23/h6-9,14,17,27H,10-13,15-16H2,1-5H3/t26-/m1/s1. The smallest absolute Gasteiger partial charge is 0.129 e. The van der Waals surface area contributed by atoms with Gasteiger partial charge < -0.3 is 19.3 Å². The molecule has 0 bridgehead atoms. The van der Waals surface area contributed by atoms with Gasteiger partial charge in [-0.15, -0.1) is 0 Å². The first-order valence-corrected chi connectivity index (χ1v) is 11.1. The van der Waals surface area contributed by atoms with E-state index in [2.05, 4.69) is 46.8 Å². The van der Waals surface area contributed by atoms with E-state index in [4.69, 9.17) is 14.2 Å². The van der Waals surface area contributed by atoms with Crippen LogP contribution in [-0.2, 0) is 18.3 Å². The van der Waals surface area contributed by atoms with Gasteiger partial charge in [0, 0.05) is 22.6 Å². The Morgan fingerprint density at radius 2 is 1.93 bits per heavy atom. The average Bonchev–Trinajstić information content (AvgIpc) is 2.66. The molecular weight excluding hydrogens is 376 g/mol. The number of aromatic hydroxyl groups is 1. The van der Waals surface area contributed by atoms with Crippen molar-refractivity contribution in [3.05, 3.63) is 47.0 Å². The number of fused-ring (bicyclic) bond motifs is 3. The molecular formula is C26H34O4. The maximum atomic E-state index is 10.8. The van der Waals surface area contributed by atoms with Crippen LogP contribution in [0, 0.1) is 5.92 Å². The average molecular weight is 411 g/mol. The number of rotatable bonds is 5. The molecule has 2 heterocycles. The van der Waals surface area contributed by atoms with Crippen molar-refractivity contribution < 1.29 is 19.3 Å². The van der Waals surface area contributed by atoms with E-state index >= 15 is 0 Å². The van der Waals surface area contributed by atoms with Crippen LogP contribution < -0.4 is 14.2 Å². The van der Waals surface area contributed by atoms with Gasteiger partial charge in [-0.05, 0) is 63.1 Å². The lowest BCUT2D eigenvalue weighted by Crippen LogP contribution is -2.38. The first-order valence-electron chi connectivity index (χ1n) is 11.1. The lowest BCUT2D eigenvalue weighted by Gasteiger charge is -2.39. The molecule has 2 aliphatic heterocycles. The molecule has 0 aromatic heterocycles. The maximum absolute atomic E-state index is 10.8. The van der Waals surface area contributed by atoms with Gasteiger partial charge >= 0.3 is 0 Å². The highest BCUT2D eigenvalue weighted by Crippen LogP contribution is 2.47. The van der Waals surface area contributed by atoms with E-state index < -0.39 is 0 Å². The Kier molecular flexibility index (Phi) is 5.37. The molecule has 0 unspecified atom stereocenters. The van der Waals surface area contributed by atoms with Gasteiger partial charge in [-0.2, -0.15) is 0 Å². The van der Waals surface area contributed by atoms with Crippen LogP contribution in [0.1, 0.15) is 64.2 Å². The van der Waals surface area contributed by atoms with Gasteiger partial charge in [0.25, 0.3) is 0 Å². The van der Waals surface area contributed by atoms with Gasteiger partial charge in [-0.25, -0.2) is 0 Å². The molecule has 0 radical (unpaired) electrons. The molecule has 0 amide bonds. The molecule has 4 rings (SSSR count). The first kappa shape index (κ1) is 20.9. The van der Waals surface area contributed by atoms with Crippen LogP contribution in [-0.4, -0.2) is 23.9 Å². The predicted octanol–water partition coefficient (Wildman–Crippen LogP) is 5.81. The Labute approximate surface area is 180 Å². The molecule has 0 aliphatic carbocycles. The third-order valence-electron chi connectivity index (χ3n) is 6.36. The summed E-state index contributed by atoms with van der Waals surface area (Å²) in [5, 5.41) is 10.8. The molecule has 4 heteroatoms. The Hall–Kier alpha value is -2.36. The highest BCUT2D eigenvalue weighted by molar-refractivity contribution is 5.55. The summed E-state index contributed by atoms with van der Waals surface area (Å²) in [5.41, 5.74) is 2.85. The molecule has 1 atom stereocenters. The summed E-state index contributed by atoms with van der Waals surface area (Å²) in [6.45, 7) is 12.0. The molecule has 0 saturated heterocycles. The van der Waals surface area contributed by atoms with E-state index in [9.17, 15) is 5.11 Å². The lowest BCUT2D eigenvalue weighted by atomic mass is 9.75. The number of phenolic OH excluding ortho intramolecular Hbond substituents is 1. The van der Waals surface area contributed by atoms with Crippen LogP contribution in [0.4, 0.5) is 0 Å². The number of hydrogen-bond donors (Lipinski definition) is 1. The third-order valence-corrected chi connectivity index (χ3v) is 6.36. The summed E-state index contributed by atoms with van der Waals surface area (Å²) < 4.78 is 18.3. The predicted molar refractivity (Wildman–Crippen MR) is 119 cm³/mol. The van der Waals surface area contributed by atoms with Crippen molar-refractivity contribution in [1.29, 1.82) is 0 Å². The molecule has 2 aromatic carbocycles. The Bertz CT molecular complexity index is 931. The van der Waals surface area contributed by atoms with Gasteiger partial charge in [-0.1, -0.05) is 32.9 Å². The van der Waals surface area contributed by atoms with Crippen LogP contribution in [0.5, 0.6) is 23.0 Å². The van der Waals surface area contributed by atoms with Crippen LogP contribution in [0.25, 0.3) is 0 Å². The van der Waals surface area contributed by atoms with Crippen LogP contribution >= 0.6 is 0 Å². The van der Waals surface area contributed by atoms with Crippen molar-refractivity contribution in [2.75, 3.05) is 13.2 Å². The zero-order valence-corrected chi connectivity index (χ0v) is 18.9. The zero-order chi connectivity index (χ0) is 21.5. The second-order valence-corrected chi connectivity index (χ2v) is 10.1. The summed E-state index contributed by atoms with van der Waals surface area (Å²) >= 11 is 0. The van der Waals surface area contributed by atoms with Crippen molar-refractivity contribution >= 4 is 0 Å². The number of benzene rings is 2. The number of ether oxygens (including phenoxy) is 3. The Morgan fingerprint density at radius 3 is 2.67 bits per heavy atom. The van der Waals surface area contributed by atoms with Gasteiger partial charge in [0.15, 0.2) is 0 Å². The van der Waals surface area contributed by atoms with E-state index in [0.29, 0.717) is 24.9 Å². The minimum Gasteiger partial charge on any atom is -0.508 e. The van der Waals surface area contributed by atoms with E-state index in [1.807, 2.05) is 12.1 Å². The maximum Gasteiger partial charge on any atom is 0.129 e. The molecule has 1 N–H and O–H groups in total. The molecule has 0 saturated carbocycles. The second-order valence-electron chi connectivity index (χ2n) is 10.1. The SMILES string of the molecule is CC(C)CCOc1ccc([C@@]2(C)COc3c(ccc4c3CCC(C)(C)O4)C2)c(O)c1. The number of phenols is 1. The molecule has 162 valence electrons. The minimum atomic E-state index is -0.295. The summed E-state index contributed by atoms with van der Waals surface area (Å²) in [5.74, 6) is 3.51. The normalized spacial score (nSPS) is 21.9. The van der Waals surface area contributed by atoms with Crippen molar-refractivity contribution in [2.24, 2.45) is 5.92 Å². The quantitative estimate of drug-likeness (QED) is 0.675. The second kappa shape index (κ2) is 7.72. The summed E-state index contributed by atoms with van der Waals surface area (Å²) in [4.78, 5) is 0. The van der Waals surface area contributed by atoms with E-state index in [1.165, 1.54) is 11.1 Å². The third kappa shape index (κ3) is 4.10. The molecule has 2 aliphatic rings. The lowest BCUT2D eigenvalue weighted by molar-refractivity contribution is 0.0818. The number of hydrogen-bond acceptors (Lipinski definition) is 4. The van der Waals surface area contributed by atoms with E-state index in [-0.39, 0.29) is 16.8 Å².